The molecule has 0 aromatic heterocycles. The number of nitrogens with one attached hydrogen (secondary N) is 1. The maximum absolute atomic E-state index is 13.5. The Kier molecular flexibility index (Phi) is 4.14. The molecule has 0 saturated carbocycles. The van der Waals surface area contributed by atoms with Gasteiger partial charge in [-0.1, -0.05) is 6.07 Å². The Morgan fingerprint density at radius 1 is 1.24 bits per heavy atom. The lowest BCUT2D eigenvalue weighted by atomic mass is 10.1. The predicted molar refractivity (Wildman–Crippen MR) is 71.8 cm³/mol. The van der Waals surface area contributed by atoms with Crippen LogP contribution in [0, 0.1) is 23.0 Å². The van der Waals surface area contributed by atoms with Crippen molar-refractivity contribution in [2.75, 3.05) is 5.32 Å². The molecule has 21 heavy (non-hydrogen) atoms. The van der Waals surface area contributed by atoms with E-state index in [1.54, 1.807) is 0 Å². The molecule has 0 amide bonds. The molecule has 0 aliphatic rings. The van der Waals surface area contributed by atoms with E-state index < -0.39 is 23.2 Å². The minimum atomic E-state index is -1.34. The fraction of sp³-hybridized carbons (Fsp3) is 0.0667. The van der Waals surface area contributed by atoms with Gasteiger partial charge in [0.1, 0.15) is 17.7 Å². The lowest BCUT2D eigenvalue weighted by Crippen LogP contribution is -2.05. The van der Waals surface area contributed by atoms with Crippen molar-refractivity contribution in [3.63, 3.8) is 0 Å². The number of carbonyl (C=O) groups is 1. The van der Waals surface area contributed by atoms with Crippen molar-refractivity contribution in [1.82, 2.24) is 0 Å². The van der Waals surface area contributed by atoms with Gasteiger partial charge >= 0.3 is 5.97 Å². The lowest BCUT2D eigenvalue weighted by Gasteiger charge is -2.09. The zero-order chi connectivity index (χ0) is 15.4. The van der Waals surface area contributed by atoms with E-state index >= 15 is 0 Å². The van der Waals surface area contributed by atoms with Gasteiger partial charge in [0.2, 0.25) is 0 Å². The summed E-state index contributed by atoms with van der Waals surface area (Å²) in [7, 11) is 0. The lowest BCUT2D eigenvalue weighted by molar-refractivity contribution is 0.0692. The van der Waals surface area contributed by atoms with Crippen molar-refractivity contribution < 1.29 is 18.7 Å². The SMILES string of the molecule is N#Cc1cc(F)ccc1NCc1ccc(C(=O)O)c(F)c1. The highest BCUT2D eigenvalue weighted by atomic mass is 19.1. The third-order valence-electron chi connectivity index (χ3n) is 2.85. The average Bonchev–Trinajstić information content (AvgIpc) is 2.45. The molecule has 0 heterocycles. The Hall–Kier alpha value is -2.94. The van der Waals surface area contributed by atoms with E-state index in [2.05, 4.69) is 5.32 Å². The van der Waals surface area contributed by atoms with Gasteiger partial charge in [-0.15, -0.1) is 0 Å². The average molecular weight is 288 g/mol. The van der Waals surface area contributed by atoms with Crippen molar-refractivity contribution in [1.29, 1.82) is 5.26 Å². The zero-order valence-corrected chi connectivity index (χ0v) is 10.7. The van der Waals surface area contributed by atoms with Crippen LogP contribution in [0.15, 0.2) is 36.4 Å². The minimum Gasteiger partial charge on any atom is -0.478 e. The van der Waals surface area contributed by atoms with Crippen LogP contribution in [-0.4, -0.2) is 11.1 Å². The number of anilines is 1. The Labute approximate surface area is 119 Å². The summed E-state index contributed by atoms with van der Waals surface area (Å²) in [4.78, 5) is 10.7. The minimum absolute atomic E-state index is 0.137. The molecule has 0 aliphatic heterocycles. The molecule has 6 heteroatoms. The molecule has 0 saturated heterocycles. The normalized spacial score (nSPS) is 9.95. The number of hydrogen-bond donors (Lipinski definition) is 2. The van der Waals surface area contributed by atoms with E-state index in [-0.39, 0.29) is 12.1 Å². The molecule has 106 valence electrons. The van der Waals surface area contributed by atoms with Crippen LogP contribution in [0.3, 0.4) is 0 Å². The summed E-state index contributed by atoms with van der Waals surface area (Å²) in [6, 6.07) is 9.31. The Bertz CT molecular complexity index is 739. The molecule has 2 aromatic carbocycles. The van der Waals surface area contributed by atoms with E-state index in [0.717, 1.165) is 12.1 Å². The fourth-order valence-corrected chi connectivity index (χ4v) is 1.80. The van der Waals surface area contributed by atoms with Gasteiger partial charge in [0, 0.05) is 6.54 Å². The first-order chi connectivity index (χ1) is 10.0. The Morgan fingerprint density at radius 2 is 2.00 bits per heavy atom. The number of hydrogen-bond acceptors (Lipinski definition) is 3. The molecule has 2 aromatic rings. The monoisotopic (exact) mass is 288 g/mol. The second kappa shape index (κ2) is 6.01. The second-order valence-electron chi connectivity index (χ2n) is 4.27. The van der Waals surface area contributed by atoms with Crippen LogP contribution in [0.25, 0.3) is 0 Å². The highest BCUT2D eigenvalue weighted by Gasteiger charge is 2.10. The van der Waals surface area contributed by atoms with E-state index in [1.165, 1.54) is 24.3 Å². The smallest absolute Gasteiger partial charge is 0.338 e. The predicted octanol–water partition coefficient (Wildman–Crippen LogP) is 3.15. The van der Waals surface area contributed by atoms with Crippen LogP contribution < -0.4 is 5.32 Å². The molecular weight excluding hydrogens is 278 g/mol. The molecule has 0 aliphatic carbocycles. The van der Waals surface area contributed by atoms with Crippen molar-refractivity contribution in [2.24, 2.45) is 0 Å². The van der Waals surface area contributed by atoms with E-state index in [1.807, 2.05) is 6.07 Å². The van der Waals surface area contributed by atoms with Gasteiger partial charge < -0.3 is 10.4 Å². The molecule has 0 bridgehead atoms. The van der Waals surface area contributed by atoms with Crippen LogP contribution in [-0.2, 0) is 6.54 Å². The van der Waals surface area contributed by atoms with Crippen molar-refractivity contribution in [2.45, 2.75) is 6.54 Å². The molecule has 2 rings (SSSR count). The van der Waals surface area contributed by atoms with Gasteiger partial charge in [0.25, 0.3) is 0 Å². The van der Waals surface area contributed by atoms with Crippen molar-refractivity contribution in [3.05, 3.63) is 64.7 Å². The first-order valence-electron chi connectivity index (χ1n) is 5.96. The van der Waals surface area contributed by atoms with Crippen LogP contribution in [0.4, 0.5) is 14.5 Å². The number of carboxylic acids is 1. The van der Waals surface area contributed by atoms with Gasteiger partial charge in [-0.2, -0.15) is 5.26 Å². The topological polar surface area (TPSA) is 73.1 Å². The summed E-state index contributed by atoms with van der Waals surface area (Å²) in [5.41, 5.74) is 0.656. The van der Waals surface area contributed by atoms with Gasteiger partial charge in [0.05, 0.1) is 16.8 Å². The summed E-state index contributed by atoms with van der Waals surface area (Å²) in [6.45, 7) is 0.178. The number of aromatic carboxylic acids is 1. The Balaban J connectivity index is 2.16. The number of benzene rings is 2. The van der Waals surface area contributed by atoms with Crippen LogP contribution in [0.5, 0.6) is 0 Å². The van der Waals surface area contributed by atoms with E-state index in [0.29, 0.717) is 11.3 Å². The summed E-state index contributed by atoms with van der Waals surface area (Å²) in [5, 5.41) is 20.5. The molecule has 0 unspecified atom stereocenters. The van der Waals surface area contributed by atoms with Gasteiger partial charge in [0.15, 0.2) is 0 Å². The maximum Gasteiger partial charge on any atom is 0.338 e. The molecule has 0 radical (unpaired) electrons. The van der Waals surface area contributed by atoms with E-state index in [4.69, 9.17) is 10.4 Å². The van der Waals surface area contributed by atoms with Gasteiger partial charge in [-0.3, -0.25) is 0 Å². The number of halogens is 2. The summed E-state index contributed by atoms with van der Waals surface area (Å²) >= 11 is 0. The summed E-state index contributed by atoms with van der Waals surface area (Å²) < 4.78 is 26.5. The highest BCUT2D eigenvalue weighted by Crippen LogP contribution is 2.18. The molecule has 0 spiro atoms. The van der Waals surface area contributed by atoms with E-state index in [9.17, 15) is 13.6 Å². The standard InChI is InChI=1S/C15H10F2N2O2/c16-11-2-4-14(10(6-11)7-18)19-8-9-1-3-12(15(20)21)13(17)5-9/h1-6,19H,8H2,(H,20,21). The highest BCUT2D eigenvalue weighted by molar-refractivity contribution is 5.87. The largest absolute Gasteiger partial charge is 0.478 e. The maximum atomic E-state index is 13.5. The second-order valence-corrected chi connectivity index (χ2v) is 4.27. The number of rotatable bonds is 4. The quantitative estimate of drug-likeness (QED) is 0.906. The molecule has 0 atom stereocenters. The van der Waals surface area contributed by atoms with Crippen molar-refractivity contribution in [3.8, 4) is 6.07 Å². The van der Waals surface area contributed by atoms with Crippen LogP contribution in [0.2, 0.25) is 0 Å². The molecular formula is C15H10F2N2O2. The first-order valence-corrected chi connectivity index (χ1v) is 5.96. The number of carboxylic acid groups (broad SMARTS) is 1. The summed E-state index contributed by atoms with van der Waals surface area (Å²) in [6.07, 6.45) is 0. The fourth-order valence-electron chi connectivity index (χ4n) is 1.80. The summed E-state index contributed by atoms with van der Waals surface area (Å²) in [5.74, 6) is -2.69. The first kappa shape index (κ1) is 14.5. The molecule has 2 N–H and O–H groups in total. The Morgan fingerprint density at radius 3 is 2.62 bits per heavy atom. The van der Waals surface area contributed by atoms with Gasteiger partial charge in [-0.25, -0.2) is 13.6 Å². The number of nitrogens with zero attached hydrogens (tertiary/aromatic N) is 1. The molecule has 0 fully saturated rings. The zero-order valence-electron chi connectivity index (χ0n) is 10.7. The van der Waals surface area contributed by atoms with Crippen LogP contribution in [0.1, 0.15) is 21.5 Å². The van der Waals surface area contributed by atoms with Crippen molar-refractivity contribution >= 4 is 11.7 Å². The third kappa shape index (κ3) is 3.34. The molecule has 4 nitrogen and oxygen atoms in total. The van der Waals surface area contributed by atoms with Gasteiger partial charge in [-0.05, 0) is 35.9 Å². The van der Waals surface area contributed by atoms with Crippen LogP contribution >= 0.6 is 0 Å². The third-order valence-corrected chi connectivity index (χ3v) is 2.85. The number of nitriles is 1.